The Kier molecular flexibility index (Phi) is 3.65. The maximum absolute atomic E-state index is 11.6. The van der Waals surface area contributed by atoms with Crippen LogP contribution in [0.2, 0.25) is 0 Å². The molecule has 1 aliphatic carbocycles. The van der Waals surface area contributed by atoms with Crippen LogP contribution >= 0.6 is 0 Å². The maximum Gasteiger partial charge on any atom is 0.306 e. The number of carboxylic acids is 1. The average Bonchev–Trinajstić information content (AvgIpc) is 2.55. The van der Waals surface area contributed by atoms with Gasteiger partial charge in [0, 0.05) is 5.41 Å². The van der Waals surface area contributed by atoms with Gasteiger partial charge in [0.1, 0.15) is 5.75 Å². The summed E-state index contributed by atoms with van der Waals surface area (Å²) < 4.78 is 5.37. The monoisotopic (exact) mass is 296 g/mol. The van der Waals surface area contributed by atoms with Gasteiger partial charge in [0.05, 0.1) is 13.0 Å². The van der Waals surface area contributed by atoms with Crippen LogP contribution < -0.4 is 4.74 Å². The first-order chi connectivity index (χ1) is 10.5. The van der Waals surface area contributed by atoms with Crippen LogP contribution in [0, 0.1) is 5.92 Å². The van der Waals surface area contributed by atoms with E-state index < -0.39 is 5.97 Å². The molecule has 0 saturated heterocycles. The molecular formula is C19H20O3. The number of carbonyl (C=O) groups is 1. The summed E-state index contributed by atoms with van der Waals surface area (Å²) >= 11 is 0. The third-order valence-corrected chi connectivity index (χ3v) is 4.79. The fourth-order valence-corrected chi connectivity index (χ4v) is 3.57. The highest BCUT2D eigenvalue weighted by molar-refractivity contribution is 5.72. The number of carboxylic acid groups (broad SMARTS) is 1. The molecule has 0 heterocycles. The van der Waals surface area contributed by atoms with Gasteiger partial charge in [0.15, 0.2) is 0 Å². The second-order valence-corrected chi connectivity index (χ2v) is 6.16. The van der Waals surface area contributed by atoms with Gasteiger partial charge >= 0.3 is 5.97 Å². The molecule has 0 spiro atoms. The topological polar surface area (TPSA) is 46.5 Å². The van der Waals surface area contributed by atoms with E-state index in [0.717, 1.165) is 16.9 Å². The molecule has 2 aromatic carbocycles. The molecule has 3 heteroatoms. The average molecular weight is 296 g/mol. The number of fused-ring (bicyclic) bond motifs is 1. The lowest BCUT2D eigenvalue weighted by Crippen LogP contribution is -2.36. The molecule has 1 N–H and O–H groups in total. The third kappa shape index (κ3) is 2.37. The van der Waals surface area contributed by atoms with Crippen LogP contribution in [0.25, 0.3) is 0 Å². The second-order valence-electron chi connectivity index (χ2n) is 6.16. The van der Waals surface area contributed by atoms with Crippen molar-refractivity contribution in [2.75, 3.05) is 7.11 Å². The van der Waals surface area contributed by atoms with Crippen molar-refractivity contribution in [2.45, 2.75) is 25.2 Å². The number of aliphatic carboxylic acids is 1. The number of hydrogen-bond donors (Lipinski definition) is 1. The van der Waals surface area contributed by atoms with Crippen molar-refractivity contribution in [2.24, 2.45) is 5.92 Å². The zero-order chi connectivity index (χ0) is 15.7. The molecule has 0 fully saturated rings. The Labute approximate surface area is 130 Å². The van der Waals surface area contributed by atoms with Crippen LogP contribution in [0.1, 0.15) is 30.0 Å². The summed E-state index contributed by atoms with van der Waals surface area (Å²) in [6, 6.07) is 16.1. The number of rotatable bonds is 3. The van der Waals surface area contributed by atoms with E-state index in [1.54, 1.807) is 7.11 Å². The Morgan fingerprint density at radius 2 is 1.95 bits per heavy atom. The fraction of sp³-hybridized carbons (Fsp3) is 0.316. The van der Waals surface area contributed by atoms with Crippen molar-refractivity contribution in [1.82, 2.24) is 0 Å². The standard InChI is InChI=1S/C19H20O3/c1-19(15-6-4-3-5-7-15)12-14(18(20)21)10-13-8-9-16(22-2)11-17(13)19/h3-9,11,14H,10,12H2,1-2H3,(H,20,21)/t14-,19+/m1/s1. The molecule has 3 rings (SSSR count). The Morgan fingerprint density at radius 1 is 1.23 bits per heavy atom. The lowest BCUT2D eigenvalue weighted by atomic mass is 9.64. The Bertz CT molecular complexity index is 693. The highest BCUT2D eigenvalue weighted by Crippen LogP contribution is 2.45. The van der Waals surface area contributed by atoms with E-state index in [9.17, 15) is 9.90 Å². The quantitative estimate of drug-likeness (QED) is 0.940. The van der Waals surface area contributed by atoms with Crippen LogP contribution in [0.3, 0.4) is 0 Å². The predicted octanol–water partition coefficient (Wildman–Crippen LogP) is 3.65. The van der Waals surface area contributed by atoms with E-state index in [0.29, 0.717) is 12.8 Å². The smallest absolute Gasteiger partial charge is 0.306 e. The van der Waals surface area contributed by atoms with Crippen LogP contribution in [-0.2, 0) is 16.6 Å². The number of methoxy groups -OCH3 is 1. The first kappa shape index (κ1) is 14.6. The summed E-state index contributed by atoms with van der Waals surface area (Å²) in [5, 5.41) is 9.52. The predicted molar refractivity (Wildman–Crippen MR) is 85.3 cm³/mol. The summed E-state index contributed by atoms with van der Waals surface area (Å²) in [7, 11) is 1.66. The van der Waals surface area contributed by atoms with Crippen LogP contribution in [0.5, 0.6) is 5.75 Å². The van der Waals surface area contributed by atoms with Crippen LogP contribution in [-0.4, -0.2) is 18.2 Å². The molecule has 0 saturated carbocycles. The van der Waals surface area contributed by atoms with E-state index >= 15 is 0 Å². The largest absolute Gasteiger partial charge is 0.497 e. The van der Waals surface area contributed by atoms with Crippen molar-refractivity contribution >= 4 is 5.97 Å². The fourth-order valence-electron chi connectivity index (χ4n) is 3.57. The normalized spacial score (nSPS) is 23.6. The van der Waals surface area contributed by atoms with Gasteiger partial charge in [-0.1, -0.05) is 43.3 Å². The van der Waals surface area contributed by atoms with E-state index in [2.05, 4.69) is 25.1 Å². The first-order valence-corrected chi connectivity index (χ1v) is 7.50. The van der Waals surface area contributed by atoms with Crippen molar-refractivity contribution in [3.05, 3.63) is 65.2 Å². The zero-order valence-electron chi connectivity index (χ0n) is 12.9. The Balaban J connectivity index is 2.18. The molecule has 2 aromatic rings. The van der Waals surface area contributed by atoms with Crippen LogP contribution in [0.15, 0.2) is 48.5 Å². The Hall–Kier alpha value is -2.29. The maximum atomic E-state index is 11.6. The summed E-state index contributed by atoms with van der Waals surface area (Å²) in [6.45, 7) is 2.13. The zero-order valence-corrected chi connectivity index (χ0v) is 12.9. The van der Waals surface area contributed by atoms with Gasteiger partial charge in [-0.2, -0.15) is 0 Å². The Morgan fingerprint density at radius 3 is 2.59 bits per heavy atom. The van der Waals surface area contributed by atoms with Crippen molar-refractivity contribution in [1.29, 1.82) is 0 Å². The molecule has 0 amide bonds. The second kappa shape index (κ2) is 5.48. The minimum Gasteiger partial charge on any atom is -0.497 e. The molecule has 22 heavy (non-hydrogen) atoms. The summed E-state index contributed by atoms with van der Waals surface area (Å²) in [6.07, 6.45) is 1.18. The number of ether oxygens (including phenoxy) is 1. The minimum atomic E-state index is -0.719. The van der Waals surface area contributed by atoms with Gasteiger partial charge in [-0.15, -0.1) is 0 Å². The van der Waals surface area contributed by atoms with Crippen molar-refractivity contribution in [3.63, 3.8) is 0 Å². The highest BCUT2D eigenvalue weighted by atomic mass is 16.5. The number of hydrogen-bond acceptors (Lipinski definition) is 2. The van der Waals surface area contributed by atoms with Gasteiger partial charge in [-0.05, 0) is 41.7 Å². The summed E-state index contributed by atoms with van der Waals surface area (Å²) in [4.78, 5) is 11.6. The molecule has 0 unspecified atom stereocenters. The lowest BCUT2D eigenvalue weighted by Gasteiger charge is -2.39. The SMILES string of the molecule is COc1ccc2c(c1)[C@](C)(c1ccccc1)C[C@H](C(=O)O)C2. The van der Waals surface area contributed by atoms with Crippen LogP contribution in [0.4, 0.5) is 0 Å². The molecule has 0 bridgehead atoms. The lowest BCUT2D eigenvalue weighted by molar-refractivity contribution is -0.142. The highest BCUT2D eigenvalue weighted by Gasteiger charge is 2.40. The van der Waals surface area contributed by atoms with E-state index in [1.165, 1.54) is 5.56 Å². The third-order valence-electron chi connectivity index (χ3n) is 4.79. The molecule has 3 nitrogen and oxygen atoms in total. The molecule has 0 aliphatic heterocycles. The summed E-state index contributed by atoms with van der Waals surface area (Å²) in [5.74, 6) is -0.260. The molecule has 114 valence electrons. The van der Waals surface area contributed by atoms with Crippen molar-refractivity contribution in [3.8, 4) is 5.75 Å². The number of benzene rings is 2. The van der Waals surface area contributed by atoms with Gasteiger partial charge in [0.2, 0.25) is 0 Å². The van der Waals surface area contributed by atoms with Gasteiger partial charge in [-0.25, -0.2) is 0 Å². The summed E-state index contributed by atoms with van der Waals surface area (Å²) in [5.41, 5.74) is 3.11. The van der Waals surface area contributed by atoms with Gasteiger partial charge in [0.25, 0.3) is 0 Å². The van der Waals surface area contributed by atoms with E-state index in [-0.39, 0.29) is 11.3 Å². The van der Waals surface area contributed by atoms with Gasteiger partial charge in [-0.3, -0.25) is 4.79 Å². The van der Waals surface area contributed by atoms with Gasteiger partial charge < -0.3 is 9.84 Å². The molecule has 0 aromatic heterocycles. The van der Waals surface area contributed by atoms with E-state index in [1.807, 2.05) is 30.3 Å². The minimum absolute atomic E-state index is 0.313. The molecule has 0 radical (unpaired) electrons. The van der Waals surface area contributed by atoms with E-state index in [4.69, 9.17) is 4.74 Å². The molecule has 1 aliphatic rings. The first-order valence-electron chi connectivity index (χ1n) is 7.50. The molecule has 2 atom stereocenters. The molecular weight excluding hydrogens is 276 g/mol. The van der Waals surface area contributed by atoms with Crippen molar-refractivity contribution < 1.29 is 14.6 Å².